The first kappa shape index (κ1) is 23.1. The number of nitrogens with zero attached hydrogens (tertiary/aromatic N) is 5. The van der Waals surface area contributed by atoms with Crippen LogP contribution in [0.15, 0.2) is 61.2 Å². The van der Waals surface area contributed by atoms with E-state index in [0.29, 0.717) is 22.1 Å². The molecule has 0 saturated carbocycles. The second-order valence-corrected chi connectivity index (χ2v) is 8.46. The van der Waals surface area contributed by atoms with Gasteiger partial charge >= 0.3 is 0 Å². The van der Waals surface area contributed by atoms with E-state index in [4.69, 9.17) is 10.00 Å². The number of anilines is 1. The second kappa shape index (κ2) is 10.7. The van der Waals surface area contributed by atoms with Crippen LogP contribution in [-0.4, -0.2) is 39.9 Å². The molecule has 0 aliphatic carbocycles. The quantitative estimate of drug-likeness (QED) is 0.399. The van der Waals surface area contributed by atoms with Gasteiger partial charge in [-0.3, -0.25) is 14.5 Å². The monoisotopic (exact) mass is 474 g/mol. The average molecular weight is 475 g/mol. The number of amides is 2. The molecular formula is C24H22N6O3S. The molecule has 0 aliphatic rings. The van der Waals surface area contributed by atoms with Crippen LogP contribution in [0.4, 0.5) is 5.13 Å². The van der Waals surface area contributed by atoms with Crippen molar-refractivity contribution in [3.63, 3.8) is 0 Å². The minimum Gasteiger partial charge on any atom is -0.384 e. The molecule has 3 heterocycles. The normalized spacial score (nSPS) is 10.7. The van der Waals surface area contributed by atoms with E-state index in [1.165, 1.54) is 18.2 Å². The van der Waals surface area contributed by atoms with Gasteiger partial charge in [-0.2, -0.15) is 5.26 Å². The Balaban J connectivity index is 1.46. The third-order valence-corrected chi connectivity index (χ3v) is 6.12. The summed E-state index contributed by atoms with van der Waals surface area (Å²) in [4.78, 5) is 36.1. The molecule has 9 nitrogen and oxygen atoms in total. The van der Waals surface area contributed by atoms with Crippen LogP contribution in [0, 0.1) is 11.3 Å². The minimum absolute atomic E-state index is 0.166. The number of hydrogen-bond acceptors (Lipinski definition) is 7. The molecule has 34 heavy (non-hydrogen) atoms. The van der Waals surface area contributed by atoms with Crippen molar-refractivity contribution in [1.82, 2.24) is 19.7 Å². The maximum Gasteiger partial charge on any atom is 0.263 e. The average Bonchev–Trinajstić information content (AvgIpc) is 3.54. The van der Waals surface area contributed by atoms with Crippen molar-refractivity contribution in [1.29, 1.82) is 5.26 Å². The summed E-state index contributed by atoms with van der Waals surface area (Å²) < 4.78 is 6.94. The standard InChI is InChI=1S/C24H22N6O3S/c1-33-11-8-22(31)30(16-18-4-2-17(12-25)3-5-18)24-28-14-20(34-24)23(32)27-13-19-6-7-21-26-9-10-29(21)15-19/h2-7,9-10,14-15H,8,11,13,16H2,1H3,(H,27,32). The molecule has 10 heteroatoms. The van der Waals surface area contributed by atoms with Crippen LogP contribution in [0.5, 0.6) is 0 Å². The van der Waals surface area contributed by atoms with E-state index >= 15 is 0 Å². The number of ether oxygens (including phenoxy) is 1. The van der Waals surface area contributed by atoms with Crippen molar-refractivity contribution in [2.45, 2.75) is 19.5 Å². The number of aromatic nitrogens is 3. The maximum atomic E-state index is 12.9. The first-order chi connectivity index (χ1) is 16.6. The van der Waals surface area contributed by atoms with Gasteiger partial charge in [-0.25, -0.2) is 9.97 Å². The number of rotatable bonds is 9. The lowest BCUT2D eigenvalue weighted by Crippen LogP contribution is -2.31. The molecule has 0 unspecified atom stereocenters. The van der Waals surface area contributed by atoms with E-state index < -0.39 is 0 Å². The number of nitriles is 1. The Labute approximate surface area is 200 Å². The third kappa shape index (κ3) is 5.46. The molecule has 0 bridgehead atoms. The highest BCUT2D eigenvalue weighted by molar-refractivity contribution is 7.17. The lowest BCUT2D eigenvalue weighted by atomic mass is 10.1. The van der Waals surface area contributed by atoms with Crippen molar-refractivity contribution in [3.8, 4) is 6.07 Å². The molecule has 0 aliphatic heterocycles. The number of methoxy groups -OCH3 is 1. The van der Waals surface area contributed by atoms with Gasteiger partial charge in [-0.15, -0.1) is 0 Å². The Bertz CT molecular complexity index is 1340. The lowest BCUT2D eigenvalue weighted by molar-refractivity contribution is -0.119. The zero-order valence-electron chi connectivity index (χ0n) is 18.5. The number of benzene rings is 1. The molecule has 1 N–H and O–H groups in total. The summed E-state index contributed by atoms with van der Waals surface area (Å²) in [6.45, 7) is 0.901. The van der Waals surface area contributed by atoms with E-state index in [9.17, 15) is 9.59 Å². The molecule has 0 radical (unpaired) electrons. The van der Waals surface area contributed by atoms with Crippen molar-refractivity contribution in [2.24, 2.45) is 0 Å². The summed E-state index contributed by atoms with van der Waals surface area (Å²) in [5.41, 5.74) is 3.16. The van der Waals surface area contributed by atoms with Crippen molar-refractivity contribution in [3.05, 3.63) is 82.8 Å². The second-order valence-electron chi connectivity index (χ2n) is 7.45. The lowest BCUT2D eigenvalue weighted by Gasteiger charge is -2.20. The number of thiazole rings is 1. The topological polar surface area (TPSA) is 113 Å². The summed E-state index contributed by atoms with van der Waals surface area (Å²) in [6.07, 6.45) is 7.14. The van der Waals surface area contributed by atoms with Crippen LogP contribution in [0.3, 0.4) is 0 Å². The molecule has 2 amide bonds. The first-order valence-corrected chi connectivity index (χ1v) is 11.3. The molecule has 4 aromatic rings. The SMILES string of the molecule is COCCC(=O)N(Cc1ccc(C#N)cc1)c1ncc(C(=O)NCc2ccc3nccn3c2)s1. The van der Waals surface area contributed by atoms with Gasteiger partial charge in [0.1, 0.15) is 10.5 Å². The van der Waals surface area contributed by atoms with Gasteiger partial charge in [-0.05, 0) is 29.3 Å². The Morgan fingerprint density at radius 3 is 2.74 bits per heavy atom. The minimum atomic E-state index is -0.267. The van der Waals surface area contributed by atoms with Gasteiger partial charge in [0.15, 0.2) is 5.13 Å². The summed E-state index contributed by atoms with van der Waals surface area (Å²) in [6, 6.07) is 12.9. The Hall–Kier alpha value is -4.07. The predicted molar refractivity (Wildman–Crippen MR) is 127 cm³/mol. The molecule has 0 fully saturated rings. The van der Waals surface area contributed by atoms with Crippen molar-refractivity contribution in [2.75, 3.05) is 18.6 Å². The fourth-order valence-electron chi connectivity index (χ4n) is 3.29. The Kier molecular flexibility index (Phi) is 7.27. The molecule has 0 atom stereocenters. The predicted octanol–water partition coefficient (Wildman–Crippen LogP) is 3.16. The fraction of sp³-hybridized carbons (Fsp3) is 0.208. The summed E-state index contributed by atoms with van der Waals surface area (Å²) >= 11 is 1.15. The molecule has 172 valence electrons. The zero-order chi connectivity index (χ0) is 23.9. The van der Waals surface area contributed by atoms with Gasteiger partial charge in [0.05, 0.1) is 37.4 Å². The van der Waals surface area contributed by atoms with Gasteiger partial charge in [-0.1, -0.05) is 29.5 Å². The largest absolute Gasteiger partial charge is 0.384 e. The maximum absolute atomic E-state index is 12.9. The summed E-state index contributed by atoms with van der Waals surface area (Å²) in [5.74, 6) is -0.432. The number of carbonyl (C=O) groups excluding carboxylic acids is 2. The fourth-order valence-corrected chi connectivity index (χ4v) is 4.14. The van der Waals surface area contributed by atoms with Crippen molar-refractivity contribution >= 4 is 33.9 Å². The zero-order valence-corrected chi connectivity index (χ0v) is 19.3. The van der Waals surface area contributed by atoms with E-state index in [1.54, 1.807) is 30.5 Å². The molecule has 0 spiro atoms. The van der Waals surface area contributed by atoms with Gasteiger partial charge in [0, 0.05) is 32.2 Å². The van der Waals surface area contributed by atoms with Crippen LogP contribution in [0.1, 0.15) is 32.8 Å². The third-order valence-electron chi connectivity index (χ3n) is 5.10. The first-order valence-electron chi connectivity index (χ1n) is 10.5. The van der Waals surface area contributed by atoms with Crippen molar-refractivity contribution < 1.29 is 14.3 Å². The molecule has 0 saturated heterocycles. The number of hydrogen-bond donors (Lipinski definition) is 1. The van der Waals surface area contributed by atoms with E-state index in [0.717, 1.165) is 28.1 Å². The summed E-state index contributed by atoms with van der Waals surface area (Å²) in [7, 11) is 1.54. The Morgan fingerprint density at radius 2 is 1.97 bits per heavy atom. The molecule has 3 aromatic heterocycles. The van der Waals surface area contributed by atoms with Crippen LogP contribution < -0.4 is 10.2 Å². The van der Waals surface area contributed by atoms with E-state index in [-0.39, 0.29) is 31.4 Å². The Morgan fingerprint density at radius 1 is 1.18 bits per heavy atom. The van der Waals surface area contributed by atoms with E-state index in [1.807, 2.05) is 28.9 Å². The highest BCUT2D eigenvalue weighted by Crippen LogP contribution is 2.25. The van der Waals surface area contributed by atoms with Crippen LogP contribution in [-0.2, 0) is 22.6 Å². The highest BCUT2D eigenvalue weighted by Gasteiger charge is 2.21. The number of pyridine rings is 1. The summed E-state index contributed by atoms with van der Waals surface area (Å²) in [5, 5.41) is 12.3. The van der Waals surface area contributed by atoms with Crippen LogP contribution in [0.2, 0.25) is 0 Å². The molecule has 1 aromatic carbocycles. The highest BCUT2D eigenvalue weighted by atomic mass is 32.1. The number of nitrogens with one attached hydrogen (secondary N) is 1. The van der Waals surface area contributed by atoms with Crippen LogP contribution in [0.25, 0.3) is 5.65 Å². The number of carbonyl (C=O) groups is 2. The molecule has 4 rings (SSSR count). The van der Waals surface area contributed by atoms with E-state index in [2.05, 4.69) is 21.4 Å². The number of imidazole rings is 1. The molecular weight excluding hydrogens is 452 g/mol. The number of fused-ring (bicyclic) bond motifs is 1. The van der Waals surface area contributed by atoms with Gasteiger partial charge in [0.2, 0.25) is 5.91 Å². The smallest absolute Gasteiger partial charge is 0.263 e. The van der Waals surface area contributed by atoms with Crippen LogP contribution >= 0.6 is 11.3 Å². The van der Waals surface area contributed by atoms with Gasteiger partial charge < -0.3 is 14.5 Å². The van der Waals surface area contributed by atoms with Gasteiger partial charge in [0.25, 0.3) is 5.91 Å².